The average Bonchev–Trinajstić information content (AvgIpc) is 2.79. The van der Waals surface area contributed by atoms with Gasteiger partial charge in [-0.25, -0.2) is 8.42 Å². The van der Waals surface area contributed by atoms with Crippen molar-refractivity contribution in [2.24, 2.45) is 0 Å². The summed E-state index contributed by atoms with van der Waals surface area (Å²) in [7, 11) is -3.62. The van der Waals surface area contributed by atoms with Gasteiger partial charge in [0.05, 0.1) is 18.1 Å². The molecule has 0 aliphatic carbocycles. The molecule has 3 aromatic rings. The maximum Gasteiger partial charge on any atom is 0.246 e. The zero-order chi connectivity index (χ0) is 21.8. The predicted octanol–water partition coefficient (Wildman–Crippen LogP) is 3.30. The highest BCUT2D eigenvalue weighted by Gasteiger charge is 2.26. The number of amides is 1. The van der Waals surface area contributed by atoms with E-state index in [2.05, 4.69) is 10.6 Å². The molecule has 1 heterocycles. The van der Waals surface area contributed by atoms with Crippen LogP contribution < -0.4 is 10.6 Å². The number of ether oxygens (including phenoxy) is 1. The Kier molecular flexibility index (Phi) is 6.22. The van der Waals surface area contributed by atoms with Crippen LogP contribution >= 0.6 is 0 Å². The third-order valence-electron chi connectivity index (χ3n) is 5.24. The number of carbonyl (C=O) groups is 1. The van der Waals surface area contributed by atoms with Gasteiger partial charge in [-0.2, -0.15) is 4.31 Å². The summed E-state index contributed by atoms with van der Waals surface area (Å²) >= 11 is 0. The van der Waals surface area contributed by atoms with Gasteiger partial charge >= 0.3 is 0 Å². The van der Waals surface area contributed by atoms with Crippen LogP contribution in [-0.2, 0) is 19.6 Å². The Morgan fingerprint density at radius 3 is 2.45 bits per heavy atom. The SMILES string of the molecule is CC(Nc1ccc2ccccc2c1)C(=O)Nc1cccc(S(=O)(=O)N2CCOCC2)c1. The third-order valence-corrected chi connectivity index (χ3v) is 7.13. The minimum absolute atomic E-state index is 0.155. The zero-order valence-electron chi connectivity index (χ0n) is 17.2. The molecular weight excluding hydrogens is 414 g/mol. The largest absolute Gasteiger partial charge is 0.379 e. The molecule has 1 aliphatic heterocycles. The molecule has 0 radical (unpaired) electrons. The van der Waals surface area contributed by atoms with Crippen LogP contribution in [0.25, 0.3) is 10.8 Å². The van der Waals surface area contributed by atoms with Gasteiger partial charge < -0.3 is 15.4 Å². The van der Waals surface area contributed by atoms with Gasteiger partial charge in [0.25, 0.3) is 0 Å². The molecule has 31 heavy (non-hydrogen) atoms. The monoisotopic (exact) mass is 439 g/mol. The van der Waals surface area contributed by atoms with Crippen molar-refractivity contribution in [2.75, 3.05) is 36.9 Å². The molecule has 1 amide bonds. The highest BCUT2D eigenvalue weighted by atomic mass is 32.2. The van der Waals surface area contributed by atoms with Gasteiger partial charge in [-0.3, -0.25) is 4.79 Å². The van der Waals surface area contributed by atoms with Crippen molar-refractivity contribution in [1.29, 1.82) is 0 Å². The first-order valence-corrected chi connectivity index (χ1v) is 11.6. The fourth-order valence-corrected chi connectivity index (χ4v) is 4.97. The Labute approximate surface area is 182 Å². The smallest absolute Gasteiger partial charge is 0.246 e. The first kappa shape index (κ1) is 21.3. The van der Waals surface area contributed by atoms with Crippen molar-refractivity contribution in [3.05, 3.63) is 66.7 Å². The molecule has 1 fully saturated rings. The molecule has 0 spiro atoms. The third kappa shape index (κ3) is 4.87. The second kappa shape index (κ2) is 9.05. The van der Waals surface area contributed by atoms with Crippen molar-refractivity contribution < 1.29 is 17.9 Å². The number of morpholine rings is 1. The molecule has 0 aromatic heterocycles. The van der Waals surface area contributed by atoms with Gasteiger partial charge in [-0.15, -0.1) is 0 Å². The van der Waals surface area contributed by atoms with Crippen molar-refractivity contribution in [1.82, 2.24) is 4.31 Å². The molecule has 162 valence electrons. The number of nitrogens with one attached hydrogen (secondary N) is 2. The second-order valence-corrected chi connectivity index (χ2v) is 9.40. The number of nitrogens with zero attached hydrogens (tertiary/aromatic N) is 1. The molecule has 1 unspecified atom stereocenters. The minimum atomic E-state index is -3.62. The molecule has 1 saturated heterocycles. The zero-order valence-corrected chi connectivity index (χ0v) is 18.1. The molecule has 0 saturated carbocycles. The Hall–Kier alpha value is -2.94. The van der Waals surface area contributed by atoms with Gasteiger partial charge in [-0.05, 0) is 48.0 Å². The van der Waals surface area contributed by atoms with E-state index in [-0.39, 0.29) is 10.8 Å². The van der Waals surface area contributed by atoms with Crippen LogP contribution in [0, 0.1) is 0 Å². The molecule has 0 bridgehead atoms. The number of benzene rings is 3. The molecule has 7 nitrogen and oxygen atoms in total. The highest BCUT2D eigenvalue weighted by molar-refractivity contribution is 7.89. The fourth-order valence-electron chi connectivity index (χ4n) is 3.52. The molecule has 4 rings (SSSR count). The fraction of sp³-hybridized carbons (Fsp3) is 0.261. The summed E-state index contributed by atoms with van der Waals surface area (Å²) in [5, 5.41) is 8.22. The van der Waals surface area contributed by atoms with Crippen LogP contribution in [0.2, 0.25) is 0 Å². The number of hydrogen-bond donors (Lipinski definition) is 2. The van der Waals surface area contributed by atoms with Crippen LogP contribution in [-0.4, -0.2) is 51.0 Å². The van der Waals surface area contributed by atoms with Crippen molar-refractivity contribution in [2.45, 2.75) is 17.9 Å². The Balaban J connectivity index is 1.44. The minimum Gasteiger partial charge on any atom is -0.379 e. The van der Waals surface area contributed by atoms with E-state index in [0.717, 1.165) is 16.5 Å². The molecular formula is C23H25N3O4S. The Morgan fingerprint density at radius 1 is 0.935 bits per heavy atom. The van der Waals surface area contributed by atoms with Crippen molar-refractivity contribution in [3.63, 3.8) is 0 Å². The number of carbonyl (C=O) groups excluding carboxylic acids is 1. The quantitative estimate of drug-likeness (QED) is 0.615. The summed E-state index contributed by atoms with van der Waals surface area (Å²) < 4.78 is 32.3. The van der Waals surface area contributed by atoms with E-state index in [9.17, 15) is 13.2 Å². The maximum absolute atomic E-state index is 12.9. The molecule has 3 aromatic carbocycles. The molecule has 2 N–H and O–H groups in total. The summed E-state index contributed by atoms with van der Waals surface area (Å²) in [5.74, 6) is -0.255. The summed E-state index contributed by atoms with van der Waals surface area (Å²) in [6, 6.07) is 19.8. The lowest BCUT2D eigenvalue weighted by molar-refractivity contribution is -0.116. The average molecular weight is 440 g/mol. The van der Waals surface area contributed by atoms with E-state index < -0.39 is 16.1 Å². The Bertz CT molecular complexity index is 1190. The van der Waals surface area contributed by atoms with Crippen LogP contribution in [0.15, 0.2) is 71.6 Å². The molecule has 1 aliphatic rings. The number of anilines is 2. The van der Waals surface area contributed by atoms with Crippen LogP contribution in [0.4, 0.5) is 11.4 Å². The summed E-state index contributed by atoms with van der Waals surface area (Å²) in [6.45, 7) is 3.18. The lowest BCUT2D eigenvalue weighted by Gasteiger charge is -2.26. The summed E-state index contributed by atoms with van der Waals surface area (Å²) in [6.07, 6.45) is 0. The maximum atomic E-state index is 12.9. The first-order chi connectivity index (χ1) is 14.9. The van der Waals surface area contributed by atoms with E-state index >= 15 is 0 Å². The van der Waals surface area contributed by atoms with Crippen LogP contribution in [0.3, 0.4) is 0 Å². The predicted molar refractivity (Wildman–Crippen MR) is 122 cm³/mol. The number of sulfonamides is 1. The van der Waals surface area contributed by atoms with E-state index in [1.807, 2.05) is 42.5 Å². The lowest BCUT2D eigenvalue weighted by atomic mass is 10.1. The summed E-state index contributed by atoms with van der Waals surface area (Å²) in [4.78, 5) is 12.8. The highest BCUT2D eigenvalue weighted by Crippen LogP contribution is 2.22. The number of rotatable bonds is 6. The molecule has 1 atom stereocenters. The van der Waals surface area contributed by atoms with Crippen LogP contribution in [0.1, 0.15) is 6.92 Å². The molecule has 8 heteroatoms. The number of fused-ring (bicyclic) bond motifs is 1. The van der Waals surface area contributed by atoms with Crippen molar-refractivity contribution >= 4 is 38.1 Å². The Morgan fingerprint density at radius 2 is 1.68 bits per heavy atom. The van der Waals surface area contributed by atoms with Crippen molar-refractivity contribution in [3.8, 4) is 0 Å². The van der Waals surface area contributed by atoms with E-state index in [0.29, 0.717) is 32.0 Å². The number of hydrogen-bond acceptors (Lipinski definition) is 5. The van der Waals surface area contributed by atoms with E-state index in [1.165, 1.54) is 16.4 Å². The standard InChI is InChI=1S/C23H25N3O4S/c1-17(24-21-10-9-18-5-2-3-6-19(18)15-21)23(27)25-20-7-4-8-22(16-20)31(28,29)26-11-13-30-14-12-26/h2-10,15-17,24H,11-14H2,1H3,(H,25,27). The topological polar surface area (TPSA) is 87.7 Å². The second-order valence-electron chi connectivity index (χ2n) is 7.46. The van der Waals surface area contributed by atoms with Gasteiger partial charge in [-0.1, -0.05) is 36.4 Å². The van der Waals surface area contributed by atoms with E-state index in [4.69, 9.17) is 4.74 Å². The van der Waals surface area contributed by atoms with Crippen LogP contribution in [0.5, 0.6) is 0 Å². The lowest BCUT2D eigenvalue weighted by Crippen LogP contribution is -2.40. The van der Waals surface area contributed by atoms with E-state index in [1.54, 1.807) is 19.1 Å². The van der Waals surface area contributed by atoms with Gasteiger partial charge in [0.2, 0.25) is 15.9 Å². The summed E-state index contributed by atoms with van der Waals surface area (Å²) in [5.41, 5.74) is 1.27. The van der Waals surface area contributed by atoms with Gasteiger partial charge in [0, 0.05) is 24.5 Å². The van der Waals surface area contributed by atoms with Gasteiger partial charge in [0.1, 0.15) is 6.04 Å². The van der Waals surface area contributed by atoms with Gasteiger partial charge in [0.15, 0.2) is 0 Å². The normalized spacial score (nSPS) is 16.0. The first-order valence-electron chi connectivity index (χ1n) is 10.2.